The number of aromatic nitrogens is 1. The zero-order valence-corrected chi connectivity index (χ0v) is 28.8. The Balaban J connectivity index is 2.39. The van der Waals surface area contributed by atoms with Gasteiger partial charge in [0.15, 0.2) is 11.8 Å². The van der Waals surface area contributed by atoms with E-state index in [0.717, 1.165) is 23.6 Å². The van der Waals surface area contributed by atoms with Gasteiger partial charge < -0.3 is 19.7 Å². The fourth-order valence-electron chi connectivity index (χ4n) is 4.43. The minimum Gasteiger partial charge on any atom is -0.455 e. The zero-order chi connectivity index (χ0) is 36.1. The Labute approximate surface area is 274 Å². The molecule has 1 heterocycles. The monoisotopic (exact) mass is 692 g/mol. The van der Waals surface area contributed by atoms with Crippen molar-refractivity contribution in [2.45, 2.75) is 85.0 Å². The number of benzene rings is 1. The van der Waals surface area contributed by atoms with Crippen LogP contribution >= 0.6 is 11.3 Å². The highest BCUT2D eigenvalue weighted by molar-refractivity contribution is 7.09. The van der Waals surface area contributed by atoms with E-state index in [1.165, 1.54) is 4.90 Å². The third-order valence-corrected chi connectivity index (χ3v) is 9.13. The van der Waals surface area contributed by atoms with Gasteiger partial charge in [0.25, 0.3) is 0 Å². The number of esters is 2. The first-order valence-corrected chi connectivity index (χ1v) is 15.7. The van der Waals surface area contributed by atoms with Gasteiger partial charge in [0, 0.05) is 31.8 Å². The molecular formula is C31H41F5N4O6S. The van der Waals surface area contributed by atoms with Gasteiger partial charge in [0.1, 0.15) is 11.0 Å². The van der Waals surface area contributed by atoms with Crippen LogP contribution < -0.4 is 10.1 Å². The van der Waals surface area contributed by atoms with Crippen molar-refractivity contribution >= 4 is 35.1 Å². The van der Waals surface area contributed by atoms with E-state index < -0.39 is 76.2 Å². The number of carbonyl (C=O) groups is 4. The number of hydrogen-bond acceptors (Lipinski definition) is 9. The summed E-state index contributed by atoms with van der Waals surface area (Å²) >= 11 is 0.808. The number of nitrogens with zero attached hydrogens (tertiary/aromatic N) is 3. The Morgan fingerprint density at radius 3 is 1.96 bits per heavy atom. The summed E-state index contributed by atoms with van der Waals surface area (Å²) in [6, 6.07) is -1.47. The summed E-state index contributed by atoms with van der Waals surface area (Å²) in [4.78, 5) is 59.1. The first kappa shape index (κ1) is 39.5. The number of carbonyl (C=O) groups excluding carboxylic acids is 4. The van der Waals surface area contributed by atoms with Crippen LogP contribution in [0.25, 0.3) is 0 Å². The standard InChI is InChI=1S/C31H41F5N4O6S/c1-11-15(4)25(38-30(44)31(6,7)39(8)9)28(42)40(10)18(14(2)3)12-19(45-16(5)41)27-37-17(13-47-27)29(43)46-26-23(35)21(33)20(32)22(34)24(26)36/h13-15,18-19,25H,11-12H2,1-10H3,(H,38,44)/t15-,18+,19+,25-/m0/s1. The van der Waals surface area contributed by atoms with Crippen LogP contribution in [0.2, 0.25) is 0 Å². The Morgan fingerprint density at radius 1 is 0.957 bits per heavy atom. The lowest BCUT2D eigenvalue weighted by atomic mass is 9.92. The molecule has 10 nitrogen and oxygen atoms in total. The SMILES string of the molecule is CC[C@H](C)[C@H](NC(=O)C(C)(C)N(C)C)C(=O)N(C)[C@H](C[C@@H](OC(C)=O)c1nc(C(=O)Oc2c(F)c(F)c(F)c(F)c2F)cs1)C(C)C. The molecule has 262 valence electrons. The van der Waals surface area contributed by atoms with Crippen LogP contribution in [0.1, 0.15) is 82.9 Å². The molecule has 2 amide bonds. The van der Waals surface area contributed by atoms with Crippen molar-refractivity contribution in [2.24, 2.45) is 11.8 Å². The second-order valence-corrected chi connectivity index (χ2v) is 13.1. The van der Waals surface area contributed by atoms with Crippen molar-refractivity contribution in [1.82, 2.24) is 20.1 Å². The molecule has 0 saturated heterocycles. The summed E-state index contributed by atoms with van der Waals surface area (Å²) in [5.41, 5.74) is -1.47. The highest BCUT2D eigenvalue weighted by atomic mass is 32.1. The summed E-state index contributed by atoms with van der Waals surface area (Å²) < 4.78 is 78.7. The largest absolute Gasteiger partial charge is 0.455 e. The molecule has 0 radical (unpaired) electrons. The van der Waals surface area contributed by atoms with E-state index in [-0.39, 0.29) is 35.1 Å². The van der Waals surface area contributed by atoms with Crippen molar-refractivity contribution in [3.8, 4) is 5.75 Å². The Hall–Kier alpha value is -3.66. The van der Waals surface area contributed by atoms with Crippen LogP contribution in [0.3, 0.4) is 0 Å². The number of likely N-dealkylation sites (N-methyl/N-ethyl adjacent to an activating group) is 2. The number of ether oxygens (including phenoxy) is 2. The first-order valence-electron chi connectivity index (χ1n) is 14.8. The fourth-order valence-corrected chi connectivity index (χ4v) is 5.26. The molecule has 2 rings (SSSR count). The van der Waals surface area contributed by atoms with Gasteiger partial charge >= 0.3 is 11.9 Å². The summed E-state index contributed by atoms with van der Waals surface area (Å²) in [5, 5.41) is 4.03. The summed E-state index contributed by atoms with van der Waals surface area (Å²) in [5.74, 6) is -16.9. The zero-order valence-electron chi connectivity index (χ0n) is 28.0. The lowest BCUT2D eigenvalue weighted by Gasteiger charge is -2.38. The number of hydrogen-bond donors (Lipinski definition) is 1. The quantitative estimate of drug-likeness (QED) is 0.0920. The van der Waals surface area contributed by atoms with Gasteiger partial charge in [0.2, 0.25) is 46.6 Å². The van der Waals surface area contributed by atoms with E-state index >= 15 is 0 Å². The van der Waals surface area contributed by atoms with Gasteiger partial charge in [-0.3, -0.25) is 19.3 Å². The molecule has 16 heteroatoms. The summed E-state index contributed by atoms with van der Waals surface area (Å²) in [6.07, 6.45) is -0.554. The molecule has 0 aliphatic rings. The van der Waals surface area contributed by atoms with Crippen LogP contribution in [-0.4, -0.2) is 77.3 Å². The molecule has 47 heavy (non-hydrogen) atoms. The maximum atomic E-state index is 14.1. The third kappa shape index (κ3) is 9.03. The van der Waals surface area contributed by atoms with Gasteiger partial charge in [0.05, 0.1) is 5.54 Å². The van der Waals surface area contributed by atoms with E-state index in [0.29, 0.717) is 6.42 Å². The van der Waals surface area contributed by atoms with Crippen molar-refractivity contribution in [3.63, 3.8) is 0 Å². The van der Waals surface area contributed by atoms with E-state index in [1.807, 2.05) is 27.7 Å². The first-order chi connectivity index (χ1) is 21.7. The molecule has 4 atom stereocenters. The molecule has 0 saturated carbocycles. The maximum absolute atomic E-state index is 14.1. The van der Waals surface area contributed by atoms with Crippen molar-refractivity contribution in [1.29, 1.82) is 0 Å². The van der Waals surface area contributed by atoms with E-state index in [1.54, 1.807) is 39.9 Å². The van der Waals surface area contributed by atoms with Gasteiger partial charge in [-0.2, -0.15) is 8.78 Å². The molecule has 1 aromatic heterocycles. The van der Waals surface area contributed by atoms with Gasteiger partial charge in [-0.25, -0.2) is 22.9 Å². The maximum Gasteiger partial charge on any atom is 0.363 e. The minimum atomic E-state index is -2.42. The Bertz CT molecular complexity index is 1460. The number of nitrogens with one attached hydrogen (secondary N) is 1. The van der Waals surface area contributed by atoms with E-state index in [4.69, 9.17) is 4.74 Å². The van der Waals surface area contributed by atoms with Crippen molar-refractivity contribution in [2.75, 3.05) is 21.1 Å². The molecule has 0 aliphatic heterocycles. The topological polar surface area (TPSA) is 118 Å². The summed E-state index contributed by atoms with van der Waals surface area (Å²) in [7, 11) is 5.06. The number of rotatable bonds is 14. The predicted molar refractivity (Wildman–Crippen MR) is 163 cm³/mol. The average Bonchev–Trinajstić information content (AvgIpc) is 3.50. The van der Waals surface area contributed by atoms with Crippen LogP contribution in [0.5, 0.6) is 5.75 Å². The third-order valence-electron chi connectivity index (χ3n) is 8.19. The lowest BCUT2D eigenvalue weighted by molar-refractivity contribution is -0.149. The van der Waals surface area contributed by atoms with Crippen molar-refractivity contribution in [3.05, 3.63) is 45.2 Å². The Kier molecular flexibility index (Phi) is 13.4. The van der Waals surface area contributed by atoms with Crippen LogP contribution in [0.15, 0.2) is 5.38 Å². The van der Waals surface area contributed by atoms with Gasteiger partial charge in [-0.05, 0) is 39.8 Å². The molecule has 0 spiro atoms. The molecule has 0 unspecified atom stereocenters. The van der Waals surface area contributed by atoms with E-state index in [2.05, 4.69) is 15.0 Å². The molecule has 1 aromatic carbocycles. The van der Waals surface area contributed by atoms with Crippen LogP contribution in [0.4, 0.5) is 22.0 Å². The lowest BCUT2D eigenvalue weighted by Crippen LogP contribution is -2.60. The average molecular weight is 693 g/mol. The molecule has 0 bridgehead atoms. The predicted octanol–water partition coefficient (Wildman–Crippen LogP) is 5.41. The minimum absolute atomic E-state index is 0.0104. The number of amides is 2. The second-order valence-electron chi connectivity index (χ2n) is 12.2. The fraction of sp³-hybridized carbons (Fsp3) is 0.581. The highest BCUT2D eigenvalue weighted by Gasteiger charge is 2.39. The van der Waals surface area contributed by atoms with E-state index in [9.17, 15) is 41.1 Å². The second kappa shape index (κ2) is 16.0. The number of halogens is 5. The van der Waals surface area contributed by atoms with Gasteiger partial charge in [-0.1, -0.05) is 34.1 Å². The Morgan fingerprint density at radius 2 is 1.49 bits per heavy atom. The normalized spacial score (nSPS) is 14.4. The molecule has 1 N–H and O–H groups in total. The van der Waals surface area contributed by atoms with Gasteiger partial charge in [-0.15, -0.1) is 11.3 Å². The molecular weight excluding hydrogens is 651 g/mol. The number of thiazole rings is 1. The summed E-state index contributed by atoms with van der Waals surface area (Å²) in [6.45, 7) is 12.0. The molecule has 0 aliphatic carbocycles. The van der Waals surface area contributed by atoms with Crippen LogP contribution in [0, 0.1) is 40.9 Å². The molecule has 2 aromatic rings. The highest BCUT2D eigenvalue weighted by Crippen LogP contribution is 2.33. The van der Waals surface area contributed by atoms with Crippen LogP contribution in [-0.2, 0) is 19.1 Å². The smallest absolute Gasteiger partial charge is 0.363 e. The molecule has 0 fully saturated rings. The van der Waals surface area contributed by atoms with Crippen molar-refractivity contribution < 1.29 is 50.6 Å².